The zero-order valence-electron chi connectivity index (χ0n) is 60.2. The van der Waals surface area contributed by atoms with E-state index in [2.05, 4.69) is 118 Å². The number of hydrogen-bond donors (Lipinski definition) is 5. The first-order valence-corrected chi connectivity index (χ1v) is 39.2. The van der Waals surface area contributed by atoms with Crippen molar-refractivity contribution in [1.82, 2.24) is 100 Å². The molecular weight excluding hydrogens is 1380 g/mol. The smallest absolute Gasteiger partial charge is 0.216 e. The van der Waals surface area contributed by atoms with E-state index in [1.807, 2.05) is 140 Å². The topological polar surface area (TPSA) is 312 Å². The first-order valence-electron chi connectivity index (χ1n) is 35.8. The van der Waals surface area contributed by atoms with Crippen molar-refractivity contribution in [2.24, 2.45) is 40.0 Å². The second-order valence-corrected chi connectivity index (χ2v) is 32.6. The van der Waals surface area contributed by atoms with E-state index in [0.717, 1.165) is 194 Å². The van der Waals surface area contributed by atoms with Gasteiger partial charge in [0.2, 0.25) is 5.91 Å². The second kappa shape index (κ2) is 31.9. The molecule has 1 saturated heterocycles. The lowest BCUT2D eigenvalue weighted by molar-refractivity contribution is -0.119. The summed E-state index contributed by atoms with van der Waals surface area (Å²) in [4.78, 5) is 40.1. The summed E-state index contributed by atoms with van der Waals surface area (Å²) in [6.45, 7) is 10.5. The molecule has 0 bridgehead atoms. The maximum Gasteiger partial charge on any atom is 0.216 e. The van der Waals surface area contributed by atoms with E-state index < -0.39 is 9.84 Å². The molecule has 0 unspecified atom stereocenters. The molecular formula is C76H87N23O3S3. The normalized spacial score (nSPS) is 17.4. The van der Waals surface area contributed by atoms with Crippen molar-refractivity contribution in [3.05, 3.63) is 151 Å². The van der Waals surface area contributed by atoms with Crippen LogP contribution in [0.3, 0.4) is 0 Å². The third-order valence-electron chi connectivity index (χ3n) is 19.3. The van der Waals surface area contributed by atoms with Crippen LogP contribution in [0.25, 0.3) is 99.8 Å². The molecule has 4 aliphatic rings. The van der Waals surface area contributed by atoms with Crippen molar-refractivity contribution in [3.8, 4) is 99.8 Å². The Morgan fingerprint density at radius 1 is 0.524 bits per heavy atom. The number of piperidine rings is 1. The van der Waals surface area contributed by atoms with Gasteiger partial charge in [-0.05, 0) is 145 Å². The molecule has 12 aromatic rings. The molecule has 29 heteroatoms. The molecule has 0 radical (unpaired) electrons. The Bertz CT molecular complexity index is 5110. The van der Waals surface area contributed by atoms with E-state index >= 15 is 0 Å². The fourth-order valence-electron chi connectivity index (χ4n) is 13.5. The standard InChI is InChI=1S/C27H31N7O2S2.C25H28N8O.C24H28N8S/c1-17-32-33-27(37-17)24-14-28-25(20-5-3-4-19(12-20)21-13-29-34(2)15-21)31-26(24)30-22-8-6-18(7-9-22)16-38(35,36)23-10-11-23;1-16(34)26-10-17-7-22(8-17)30-25-23(21-12-29-33(3)15-21)13-27-24(31-25)19-6-4-5-18(9-19)20-11-28-32(2)14-20;1-15(2)28-22-20(24-31-30-23(33-24)16-7-9-25-10-8-16)13-26-21(29-22)18-6-4-5-17(11-18)19-12-27-32(3)14-19/h3-5,12-15,18,22-23H,6-11,16H2,1-2H3,(H,28,30,31);4-6,9,11-15,17,22H,7-8,10H2,1-3H3,(H,26,34)(H,27,30,31);4-6,11-16,25H,7-10H2,1-3H3,(H,26,28,29). The molecule has 10 heterocycles. The van der Waals surface area contributed by atoms with Crippen molar-refractivity contribution in [2.75, 3.05) is 41.3 Å². The Morgan fingerprint density at radius 3 is 1.46 bits per heavy atom. The van der Waals surface area contributed by atoms with Gasteiger partial charge in [-0.25, -0.2) is 38.3 Å². The van der Waals surface area contributed by atoms with Crippen molar-refractivity contribution in [2.45, 2.75) is 121 Å². The fourth-order valence-corrected chi connectivity index (χ4v) is 17.4. The van der Waals surface area contributed by atoms with Gasteiger partial charge in [0.1, 0.15) is 27.5 Å². The predicted octanol–water partition coefficient (Wildman–Crippen LogP) is 12.5. The van der Waals surface area contributed by atoms with Gasteiger partial charge >= 0.3 is 0 Å². The molecule has 105 heavy (non-hydrogen) atoms. The summed E-state index contributed by atoms with van der Waals surface area (Å²) < 4.78 is 32.1. The number of rotatable bonds is 21. The molecule has 0 spiro atoms. The largest absolute Gasteiger partial charge is 0.367 e. The van der Waals surface area contributed by atoms with Crippen LogP contribution in [0, 0.1) is 18.8 Å². The quantitative estimate of drug-likeness (QED) is 0.0446. The van der Waals surface area contributed by atoms with Gasteiger partial charge in [0.15, 0.2) is 37.3 Å². The maximum atomic E-state index is 12.5. The van der Waals surface area contributed by atoms with Crippen LogP contribution in [0.5, 0.6) is 0 Å². The van der Waals surface area contributed by atoms with Gasteiger partial charge < -0.3 is 26.6 Å². The number of aryl methyl sites for hydroxylation is 5. The van der Waals surface area contributed by atoms with Crippen molar-refractivity contribution in [1.29, 1.82) is 0 Å². The summed E-state index contributed by atoms with van der Waals surface area (Å²) in [7, 11) is 4.71. The van der Waals surface area contributed by atoms with Crippen molar-refractivity contribution < 1.29 is 13.2 Å². The summed E-state index contributed by atoms with van der Waals surface area (Å²) in [6, 6.07) is 25.3. The summed E-state index contributed by atoms with van der Waals surface area (Å²) in [5.41, 5.74) is 12.8. The van der Waals surface area contributed by atoms with Gasteiger partial charge in [-0.15, -0.1) is 20.4 Å². The number of carbonyl (C=O) groups is 1. The molecule has 3 saturated carbocycles. The number of benzene rings is 3. The first kappa shape index (κ1) is 71.6. The predicted molar refractivity (Wildman–Crippen MR) is 412 cm³/mol. The van der Waals surface area contributed by atoms with E-state index in [0.29, 0.717) is 41.1 Å². The minimum atomic E-state index is -2.92. The molecule has 4 fully saturated rings. The van der Waals surface area contributed by atoms with Crippen LogP contribution < -0.4 is 26.6 Å². The Balaban J connectivity index is 0.000000133. The van der Waals surface area contributed by atoms with Gasteiger partial charge in [-0.3, -0.25) is 23.5 Å². The third-order valence-corrected chi connectivity index (χ3v) is 23.7. The highest BCUT2D eigenvalue weighted by atomic mass is 32.2. The van der Waals surface area contributed by atoms with E-state index in [4.69, 9.17) is 29.9 Å². The van der Waals surface area contributed by atoms with Crippen LogP contribution in [0.1, 0.15) is 101 Å². The molecule has 26 nitrogen and oxygen atoms in total. The molecule has 1 amide bonds. The van der Waals surface area contributed by atoms with Gasteiger partial charge in [-0.1, -0.05) is 77.3 Å². The highest BCUT2D eigenvalue weighted by Crippen LogP contribution is 2.40. The highest BCUT2D eigenvalue weighted by Gasteiger charge is 2.38. The number of nitrogens with zero attached hydrogens (tertiary/aromatic N) is 18. The summed E-state index contributed by atoms with van der Waals surface area (Å²) in [5.74, 6) is 5.87. The monoisotopic (exact) mass is 1470 g/mol. The zero-order chi connectivity index (χ0) is 72.7. The molecule has 3 aromatic carbocycles. The minimum absolute atomic E-state index is 0.0178. The Labute approximate surface area is 618 Å². The molecule has 0 atom stereocenters. The molecule has 5 N–H and O–H groups in total. The van der Waals surface area contributed by atoms with Crippen LogP contribution in [0.4, 0.5) is 17.5 Å². The first-order chi connectivity index (χ1) is 50.8. The summed E-state index contributed by atoms with van der Waals surface area (Å²) in [6.07, 6.45) is 30.4. The number of nitrogens with one attached hydrogen (secondary N) is 5. The van der Waals surface area contributed by atoms with Crippen LogP contribution in [-0.4, -0.2) is 153 Å². The molecule has 16 rings (SSSR count). The van der Waals surface area contributed by atoms with E-state index in [9.17, 15) is 13.2 Å². The van der Waals surface area contributed by atoms with Gasteiger partial charge in [0.05, 0.1) is 46.9 Å². The SMILES string of the molecule is CC(=O)NCC1CC(Nc2nc(-c3cccc(-c4cnn(C)c4)c3)ncc2-c2cnn(C)c2)C1.CC(C)Nc1nc(-c2cccc(-c3cnn(C)c3)c2)ncc1-c1nnc(C2CCNCC2)s1.Cc1nnc(-c2cnc(-c3cccc(-c4cnn(C)c4)c3)nc2NC2CCC(CS(=O)(=O)C3CC3)CC2)s1. The Morgan fingerprint density at radius 2 is 0.981 bits per heavy atom. The van der Waals surface area contributed by atoms with Crippen molar-refractivity contribution >= 4 is 55.9 Å². The van der Waals surface area contributed by atoms with Crippen molar-refractivity contribution in [3.63, 3.8) is 0 Å². The number of hydrogen-bond acceptors (Lipinski definition) is 23. The van der Waals surface area contributed by atoms with Crippen LogP contribution in [0.2, 0.25) is 0 Å². The van der Waals surface area contributed by atoms with Crippen LogP contribution >= 0.6 is 22.7 Å². The number of aromatic nitrogens is 18. The summed E-state index contributed by atoms with van der Waals surface area (Å²) >= 11 is 3.18. The van der Waals surface area contributed by atoms with Crippen LogP contribution in [-0.2, 0) is 42.8 Å². The molecule has 3 aliphatic carbocycles. The van der Waals surface area contributed by atoms with Gasteiger partial charge in [0, 0.05) is 154 Å². The van der Waals surface area contributed by atoms with Gasteiger partial charge in [-0.2, -0.15) is 20.4 Å². The lowest BCUT2D eigenvalue weighted by Gasteiger charge is -2.36. The average molecular weight is 1470 g/mol. The summed E-state index contributed by atoms with van der Waals surface area (Å²) in [5, 5.41) is 55.4. The fraction of sp³-hybridized carbons (Fsp3) is 0.382. The number of amides is 1. The maximum absolute atomic E-state index is 12.5. The van der Waals surface area contributed by atoms with E-state index in [1.54, 1.807) is 37.0 Å². The lowest BCUT2D eigenvalue weighted by atomic mass is 9.80. The minimum Gasteiger partial charge on any atom is -0.367 e. The molecule has 542 valence electrons. The zero-order valence-corrected chi connectivity index (χ0v) is 62.7. The van der Waals surface area contributed by atoms with E-state index in [1.165, 1.54) is 11.3 Å². The van der Waals surface area contributed by atoms with E-state index in [-0.39, 0.29) is 29.2 Å². The average Bonchev–Trinajstić information content (AvgIpc) is 1.32. The Kier molecular flexibility index (Phi) is 21.8. The third kappa shape index (κ3) is 17.9. The molecule has 9 aromatic heterocycles. The van der Waals surface area contributed by atoms with Gasteiger partial charge in [0.25, 0.3) is 0 Å². The van der Waals surface area contributed by atoms with Crippen LogP contribution in [0.15, 0.2) is 141 Å². The second-order valence-electron chi connectivity index (χ2n) is 28.1. The lowest BCUT2D eigenvalue weighted by Crippen LogP contribution is -2.41. The Hall–Kier alpha value is -10.4. The number of anilines is 3. The number of sulfone groups is 1. The number of carbonyl (C=O) groups excluding carboxylic acids is 1. The highest BCUT2D eigenvalue weighted by molar-refractivity contribution is 7.92. The molecule has 1 aliphatic heterocycles.